The topological polar surface area (TPSA) is 58.4 Å². The maximum absolute atomic E-state index is 13.3. The first-order valence-corrected chi connectivity index (χ1v) is 10.7. The van der Waals surface area contributed by atoms with Gasteiger partial charge in [0, 0.05) is 63.4 Å². The molecule has 27 heavy (non-hydrogen) atoms. The molecule has 0 unspecified atom stereocenters. The number of hydrogen-bond donors (Lipinski definition) is 0. The van der Waals surface area contributed by atoms with Gasteiger partial charge in [-0.05, 0) is 38.5 Å². The van der Waals surface area contributed by atoms with Crippen molar-refractivity contribution < 1.29 is 9.59 Å². The Bertz CT molecular complexity index is 671. The van der Waals surface area contributed by atoms with Crippen LogP contribution in [0.15, 0.2) is 12.4 Å². The molecule has 148 valence electrons. The number of rotatable bonds is 3. The molecule has 1 saturated carbocycles. The average Bonchev–Trinajstić information content (AvgIpc) is 3.39. The number of carbonyl (C=O) groups is 2. The van der Waals surface area contributed by atoms with Gasteiger partial charge in [0.05, 0.1) is 0 Å². The van der Waals surface area contributed by atoms with E-state index < -0.39 is 0 Å². The summed E-state index contributed by atoms with van der Waals surface area (Å²) >= 11 is 0. The lowest BCUT2D eigenvalue weighted by atomic mass is 9.77. The number of hydrogen-bond acceptors (Lipinski definition) is 3. The summed E-state index contributed by atoms with van der Waals surface area (Å²) in [6.07, 6.45) is 11.9. The maximum atomic E-state index is 13.3. The molecule has 3 fully saturated rings. The summed E-state index contributed by atoms with van der Waals surface area (Å²) < 4.78 is 2.09. The molecule has 0 radical (unpaired) electrons. The van der Waals surface area contributed by atoms with E-state index in [0.717, 1.165) is 83.4 Å². The number of piperidine rings is 1. The van der Waals surface area contributed by atoms with Crippen LogP contribution in [0.3, 0.4) is 0 Å². The molecule has 4 rings (SSSR count). The fourth-order valence-corrected chi connectivity index (χ4v) is 5.26. The second-order valence-electron chi connectivity index (χ2n) is 8.53. The van der Waals surface area contributed by atoms with Crippen molar-refractivity contribution in [3.8, 4) is 0 Å². The molecule has 6 heteroatoms. The van der Waals surface area contributed by atoms with E-state index in [-0.39, 0.29) is 23.7 Å². The maximum Gasteiger partial charge on any atom is 0.226 e. The van der Waals surface area contributed by atoms with E-state index in [0.29, 0.717) is 5.92 Å². The molecule has 2 saturated heterocycles. The van der Waals surface area contributed by atoms with Gasteiger partial charge in [-0.2, -0.15) is 0 Å². The second-order valence-corrected chi connectivity index (χ2v) is 8.53. The van der Waals surface area contributed by atoms with Crippen LogP contribution in [-0.4, -0.2) is 57.3 Å². The zero-order valence-corrected chi connectivity index (χ0v) is 16.5. The summed E-state index contributed by atoms with van der Waals surface area (Å²) in [5.41, 5.74) is 0. The Morgan fingerprint density at radius 2 is 1.41 bits per heavy atom. The average molecular weight is 373 g/mol. The van der Waals surface area contributed by atoms with Gasteiger partial charge in [-0.15, -0.1) is 0 Å². The van der Waals surface area contributed by atoms with Crippen molar-refractivity contribution in [1.82, 2.24) is 19.4 Å². The normalized spacial score (nSPS) is 27.1. The van der Waals surface area contributed by atoms with E-state index in [1.807, 2.05) is 29.2 Å². The summed E-state index contributed by atoms with van der Waals surface area (Å²) in [6.45, 7) is 3.34. The van der Waals surface area contributed by atoms with Gasteiger partial charge < -0.3 is 14.4 Å². The summed E-state index contributed by atoms with van der Waals surface area (Å²) in [6, 6.07) is 0. The lowest BCUT2D eigenvalue weighted by molar-refractivity contribution is -0.148. The quantitative estimate of drug-likeness (QED) is 0.819. The van der Waals surface area contributed by atoms with Gasteiger partial charge in [0.1, 0.15) is 5.82 Å². The van der Waals surface area contributed by atoms with Crippen molar-refractivity contribution >= 4 is 11.8 Å². The molecule has 3 heterocycles. The van der Waals surface area contributed by atoms with Crippen molar-refractivity contribution in [2.45, 2.75) is 57.3 Å². The Labute approximate surface area is 161 Å². The molecule has 6 nitrogen and oxygen atoms in total. The van der Waals surface area contributed by atoms with Crippen molar-refractivity contribution in [2.75, 3.05) is 26.2 Å². The van der Waals surface area contributed by atoms with E-state index in [4.69, 9.17) is 0 Å². The van der Waals surface area contributed by atoms with Crippen LogP contribution in [0, 0.1) is 11.8 Å². The van der Waals surface area contributed by atoms with E-state index in [1.54, 1.807) is 0 Å². The number of carbonyl (C=O) groups excluding carboxylic acids is 2. The smallest absolute Gasteiger partial charge is 0.226 e. The number of nitrogens with zero attached hydrogens (tertiary/aromatic N) is 4. The third kappa shape index (κ3) is 3.76. The third-order valence-corrected chi connectivity index (χ3v) is 6.85. The largest absolute Gasteiger partial charge is 0.342 e. The van der Waals surface area contributed by atoms with Crippen molar-refractivity contribution in [1.29, 1.82) is 0 Å². The minimum atomic E-state index is -0.100. The minimum Gasteiger partial charge on any atom is -0.342 e. The summed E-state index contributed by atoms with van der Waals surface area (Å²) in [5, 5.41) is 0. The lowest BCUT2D eigenvalue weighted by Crippen LogP contribution is -2.48. The number of aromatic nitrogens is 2. The van der Waals surface area contributed by atoms with E-state index in [9.17, 15) is 9.59 Å². The van der Waals surface area contributed by atoms with Gasteiger partial charge in [0.2, 0.25) is 11.8 Å². The van der Waals surface area contributed by atoms with Crippen LogP contribution in [0.5, 0.6) is 0 Å². The van der Waals surface area contributed by atoms with Crippen molar-refractivity contribution in [2.24, 2.45) is 18.9 Å². The molecule has 2 atom stereocenters. The Balaban J connectivity index is 1.39. The highest BCUT2D eigenvalue weighted by Gasteiger charge is 2.40. The Morgan fingerprint density at radius 3 is 1.93 bits per heavy atom. The highest BCUT2D eigenvalue weighted by molar-refractivity contribution is 5.88. The van der Waals surface area contributed by atoms with Gasteiger partial charge in [0.15, 0.2) is 0 Å². The Morgan fingerprint density at radius 1 is 0.852 bits per heavy atom. The summed E-state index contributed by atoms with van der Waals surface area (Å²) in [4.78, 5) is 34.8. The Hall–Kier alpha value is -1.85. The third-order valence-electron chi connectivity index (χ3n) is 6.85. The molecule has 3 aliphatic rings. The number of likely N-dealkylation sites (tertiary alicyclic amines) is 2. The first kappa shape index (κ1) is 18.5. The fraction of sp³-hybridized carbons (Fsp3) is 0.762. The standard InChI is InChI=1S/C21H32N4O2/c1-23-15-10-22-19(23)16-8-13-25(14-9-16)21(27)18-7-3-2-6-17(18)20(26)24-11-4-5-12-24/h10,15-18H,2-9,11-14H2,1H3/t17-,18+/m0/s1. The van der Waals surface area contributed by atoms with Gasteiger partial charge in [-0.3, -0.25) is 9.59 Å². The van der Waals surface area contributed by atoms with E-state index >= 15 is 0 Å². The fourth-order valence-electron chi connectivity index (χ4n) is 5.26. The molecule has 0 aromatic carbocycles. The molecule has 1 aliphatic carbocycles. The number of amides is 2. The second kappa shape index (κ2) is 8.03. The Kier molecular flexibility index (Phi) is 5.50. The predicted molar refractivity (Wildman–Crippen MR) is 103 cm³/mol. The highest BCUT2D eigenvalue weighted by atomic mass is 16.2. The molecule has 0 bridgehead atoms. The van der Waals surface area contributed by atoms with Gasteiger partial charge in [-0.1, -0.05) is 12.8 Å². The minimum absolute atomic E-state index is 0.0865. The van der Waals surface area contributed by atoms with Crippen LogP contribution in [0.1, 0.15) is 63.1 Å². The van der Waals surface area contributed by atoms with Crippen molar-refractivity contribution in [3.63, 3.8) is 0 Å². The molecule has 1 aromatic heterocycles. The summed E-state index contributed by atoms with van der Waals surface area (Å²) in [5.74, 6) is 1.84. The first-order valence-electron chi connectivity index (χ1n) is 10.7. The van der Waals surface area contributed by atoms with Gasteiger partial charge in [-0.25, -0.2) is 4.98 Å². The number of aryl methyl sites for hydroxylation is 1. The number of imidazole rings is 1. The van der Waals surface area contributed by atoms with Crippen LogP contribution in [0.4, 0.5) is 0 Å². The zero-order valence-electron chi connectivity index (χ0n) is 16.5. The van der Waals surface area contributed by atoms with Crippen LogP contribution < -0.4 is 0 Å². The van der Waals surface area contributed by atoms with Crippen LogP contribution >= 0.6 is 0 Å². The predicted octanol–water partition coefficient (Wildman–Crippen LogP) is 2.55. The highest BCUT2D eigenvalue weighted by Crippen LogP contribution is 2.35. The van der Waals surface area contributed by atoms with Crippen molar-refractivity contribution in [3.05, 3.63) is 18.2 Å². The lowest BCUT2D eigenvalue weighted by Gasteiger charge is -2.38. The molecule has 2 aliphatic heterocycles. The van der Waals surface area contributed by atoms with E-state index in [1.165, 1.54) is 0 Å². The van der Waals surface area contributed by atoms with Gasteiger partial charge >= 0.3 is 0 Å². The molecule has 0 N–H and O–H groups in total. The molecule has 2 amide bonds. The van der Waals surface area contributed by atoms with Gasteiger partial charge in [0.25, 0.3) is 0 Å². The monoisotopic (exact) mass is 372 g/mol. The molecule has 1 aromatic rings. The molecular formula is C21H32N4O2. The SMILES string of the molecule is Cn1ccnc1C1CCN(C(=O)[C@@H]2CCCC[C@@H]2C(=O)N2CCCC2)CC1. The molecule has 0 spiro atoms. The molecular weight excluding hydrogens is 340 g/mol. The zero-order chi connectivity index (χ0) is 18.8. The van der Waals surface area contributed by atoms with Crippen LogP contribution in [0.2, 0.25) is 0 Å². The van der Waals surface area contributed by atoms with Crippen LogP contribution in [-0.2, 0) is 16.6 Å². The van der Waals surface area contributed by atoms with Crippen LogP contribution in [0.25, 0.3) is 0 Å². The van der Waals surface area contributed by atoms with E-state index in [2.05, 4.69) is 9.55 Å². The summed E-state index contributed by atoms with van der Waals surface area (Å²) in [7, 11) is 2.04. The first-order chi connectivity index (χ1) is 13.1.